The lowest BCUT2D eigenvalue weighted by atomic mass is 10.1. The van der Waals surface area contributed by atoms with Crippen molar-refractivity contribution < 1.29 is 4.42 Å². The number of anilines is 2. The Morgan fingerprint density at radius 3 is 2.54 bits per heavy atom. The lowest BCUT2D eigenvalue weighted by Gasteiger charge is -2.32. The van der Waals surface area contributed by atoms with Gasteiger partial charge in [0.2, 0.25) is 5.89 Å². The van der Waals surface area contributed by atoms with Crippen LogP contribution in [-0.2, 0) is 0 Å². The predicted molar refractivity (Wildman–Crippen MR) is 90.6 cm³/mol. The quantitative estimate of drug-likeness (QED) is 0.790. The van der Waals surface area contributed by atoms with E-state index in [4.69, 9.17) is 4.42 Å². The van der Waals surface area contributed by atoms with E-state index in [1.165, 1.54) is 0 Å². The summed E-state index contributed by atoms with van der Waals surface area (Å²) in [6.07, 6.45) is 3.66. The highest BCUT2D eigenvalue weighted by atomic mass is 16.4. The number of piperidine rings is 1. The minimum absolute atomic E-state index is 0.321. The zero-order valence-corrected chi connectivity index (χ0v) is 13.2. The summed E-state index contributed by atoms with van der Waals surface area (Å²) in [5.74, 6) is 1.47. The lowest BCUT2D eigenvalue weighted by molar-refractivity contribution is 0.497. The molecule has 2 aromatic heterocycles. The third-order valence-corrected chi connectivity index (χ3v) is 4.15. The van der Waals surface area contributed by atoms with Gasteiger partial charge >= 0.3 is 6.01 Å². The van der Waals surface area contributed by atoms with E-state index in [-0.39, 0.29) is 0 Å². The Kier molecular flexibility index (Phi) is 4.05. The number of rotatable bonds is 4. The van der Waals surface area contributed by atoms with Crippen LogP contribution in [0.3, 0.4) is 0 Å². The van der Waals surface area contributed by atoms with Gasteiger partial charge in [0.05, 0.1) is 0 Å². The van der Waals surface area contributed by atoms with E-state index in [0.717, 1.165) is 37.3 Å². The van der Waals surface area contributed by atoms with Crippen molar-refractivity contribution >= 4 is 11.8 Å². The molecular formula is C17H18N6O. The van der Waals surface area contributed by atoms with E-state index >= 15 is 0 Å². The minimum Gasteiger partial charge on any atom is -0.403 e. The van der Waals surface area contributed by atoms with Gasteiger partial charge in [-0.25, -0.2) is 0 Å². The summed E-state index contributed by atoms with van der Waals surface area (Å²) in [7, 11) is 0. The summed E-state index contributed by atoms with van der Waals surface area (Å²) in [5.41, 5.74) is 0.926. The molecule has 0 bridgehead atoms. The largest absolute Gasteiger partial charge is 0.403 e. The Balaban J connectivity index is 1.35. The van der Waals surface area contributed by atoms with Gasteiger partial charge < -0.3 is 14.6 Å². The first kappa shape index (κ1) is 14.6. The molecule has 24 heavy (non-hydrogen) atoms. The maximum absolute atomic E-state index is 5.71. The molecule has 3 heterocycles. The van der Waals surface area contributed by atoms with Crippen molar-refractivity contribution in [3.8, 4) is 11.5 Å². The molecule has 0 atom stereocenters. The van der Waals surface area contributed by atoms with Crippen molar-refractivity contribution in [1.82, 2.24) is 20.4 Å². The lowest BCUT2D eigenvalue weighted by Crippen LogP contribution is -2.39. The monoisotopic (exact) mass is 322 g/mol. The first-order chi connectivity index (χ1) is 11.9. The van der Waals surface area contributed by atoms with Gasteiger partial charge in [-0.05, 0) is 37.1 Å². The molecule has 4 rings (SSSR count). The zero-order chi connectivity index (χ0) is 16.2. The summed E-state index contributed by atoms with van der Waals surface area (Å²) in [6, 6.07) is 14.5. The van der Waals surface area contributed by atoms with Gasteiger partial charge in [-0.2, -0.15) is 5.10 Å². The van der Waals surface area contributed by atoms with Crippen LogP contribution in [0.5, 0.6) is 0 Å². The molecule has 7 nitrogen and oxygen atoms in total. The maximum Gasteiger partial charge on any atom is 0.315 e. The molecule has 0 saturated carbocycles. The molecule has 122 valence electrons. The third kappa shape index (κ3) is 3.19. The maximum atomic E-state index is 5.71. The molecule has 0 spiro atoms. The van der Waals surface area contributed by atoms with Gasteiger partial charge in [0.15, 0.2) is 5.82 Å². The first-order valence-corrected chi connectivity index (χ1v) is 8.06. The van der Waals surface area contributed by atoms with Gasteiger partial charge in [0.1, 0.15) is 0 Å². The molecule has 1 N–H and O–H groups in total. The van der Waals surface area contributed by atoms with Crippen molar-refractivity contribution in [2.45, 2.75) is 18.9 Å². The molecule has 1 saturated heterocycles. The van der Waals surface area contributed by atoms with E-state index in [1.807, 2.05) is 42.5 Å². The molecule has 7 heteroatoms. The fourth-order valence-electron chi connectivity index (χ4n) is 2.87. The van der Waals surface area contributed by atoms with Crippen LogP contribution in [0.1, 0.15) is 12.8 Å². The second-order valence-electron chi connectivity index (χ2n) is 5.77. The topological polar surface area (TPSA) is 80.0 Å². The van der Waals surface area contributed by atoms with Crippen LogP contribution in [0.25, 0.3) is 11.5 Å². The van der Waals surface area contributed by atoms with Gasteiger partial charge in [-0.15, -0.1) is 10.2 Å². The molecule has 0 amide bonds. The molecule has 1 aliphatic rings. The number of aromatic nitrogens is 4. The van der Waals surface area contributed by atoms with Crippen molar-refractivity contribution in [3.05, 3.63) is 48.7 Å². The van der Waals surface area contributed by atoms with Crippen molar-refractivity contribution in [2.24, 2.45) is 0 Å². The summed E-state index contributed by atoms with van der Waals surface area (Å²) in [6.45, 7) is 1.85. The van der Waals surface area contributed by atoms with Crippen molar-refractivity contribution in [3.63, 3.8) is 0 Å². The van der Waals surface area contributed by atoms with E-state index in [1.54, 1.807) is 6.20 Å². The van der Waals surface area contributed by atoms with Crippen LogP contribution in [0.4, 0.5) is 11.8 Å². The summed E-state index contributed by atoms with van der Waals surface area (Å²) >= 11 is 0. The van der Waals surface area contributed by atoms with Gasteiger partial charge in [-0.3, -0.25) is 0 Å². The van der Waals surface area contributed by atoms with Crippen LogP contribution in [-0.4, -0.2) is 39.5 Å². The van der Waals surface area contributed by atoms with Crippen LogP contribution in [0.15, 0.2) is 53.1 Å². The SMILES string of the molecule is c1ccc(-c2nnc(NC3CCN(c4cccnn4)CC3)o2)cc1. The molecule has 0 radical (unpaired) electrons. The number of nitrogens with one attached hydrogen (secondary N) is 1. The van der Waals surface area contributed by atoms with Crippen molar-refractivity contribution in [1.29, 1.82) is 0 Å². The Bertz CT molecular complexity index is 768. The molecule has 1 aliphatic heterocycles. The molecule has 0 unspecified atom stereocenters. The number of hydrogen-bond donors (Lipinski definition) is 1. The molecule has 1 aromatic carbocycles. The highest BCUT2D eigenvalue weighted by molar-refractivity contribution is 5.52. The zero-order valence-electron chi connectivity index (χ0n) is 13.2. The van der Waals surface area contributed by atoms with Crippen molar-refractivity contribution in [2.75, 3.05) is 23.3 Å². The standard InChI is InChI=1S/C17H18N6O/c1-2-5-13(6-3-1)16-21-22-17(24-16)19-14-8-11-23(12-9-14)15-7-4-10-18-20-15/h1-7,10,14H,8-9,11-12H2,(H,19,22). The van der Waals surface area contributed by atoms with Crippen LogP contribution in [0, 0.1) is 0 Å². The Morgan fingerprint density at radius 2 is 1.79 bits per heavy atom. The van der Waals surface area contributed by atoms with Crippen LogP contribution < -0.4 is 10.2 Å². The molecule has 1 fully saturated rings. The third-order valence-electron chi connectivity index (χ3n) is 4.15. The minimum atomic E-state index is 0.321. The fourth-order valence-corrected chi connectivity index (χ4v) is 2.87. The highest BCUT2D eigenvalue weighted by Gasteiger charge is 2.21. The van der Waals surface area contributed by atoms with Gasteiger partial charge in [-0.1, -0.05) is 23.3 Å². The smallest absolute Gasteiger partial charge is 0.315 e. The second kappa shape index (κ2) is 6.66. The van der Waals surface area contributed by atoms with E-state index in [0.29, 0.717) is 17.9 Å². The second-order valence-corrected chi connectivity index (χ2v) is 5.77. The summed E-state index contributed by atoms with van der Waals surface area (Å²) in [5, 5.41) is 19.6. The Hall–Kier alpha value is -2.96. The summed E-state index contributed by atoms with van der Waals surface area (Å²) < 4.78 is 5.71. The highest BCUT2D eigenvalue weighted by Crippen LogP contribution is 2.22. The fraction of sp³-hybridized carbons (Fsp3) is 0.294. The number of hydrogen-bond acceptors (Lipinski definition) is 7. The molecular weight excluding hydrogens is 304 g/mol. The number of nitrogens with zero attached hydrogens (tertiary/aromatic N) is 5. The Labute approximate surface area is 139 Å². The molecule has 0 aliphatic carbocycles. The average Bonchev–Trinajstić information content (AvgIpc) is 3.12. The number of benzene rings is 1. The first-order valence-electron chi connectivity index (χ1n) is 8.06. The van der Waals surface area contributed by atoms with Crippen LogP contribution in [0.2, 0.25) is 0 Å². The van der Waals surface area contributed by atoms with E-state index in [9.17, 15) is 0 Å². The van der Waals surface area contributed by atoms with E-state index in [2.05, 4.69) is 30.6 Å². The normalized spacial score (nSPS) is 15.4. The average molecular weight is 322 g/mol. The van der Waals surface area contributed by atoms with Crippen LogP contribution >= 0.6 is 0 Å². The molecule has 3 aromatic rings. The predicted octanol–water partition coefficient (Wildman–Crippen LogP) is 2.61. The Morgan fingerprint density at radius 1 is 0.958 bits per heavy atom. The van der Waals surface area contributed by atoms with Gasteiger partial charge in [0.25, 0.3) is 0 Å². The summed E-state index contributed by atoms with van der Waals surface area (Å²) in [4.78, 5) is 2.24. The van der Waals surface area contributed by atoms with Gasteiger partial charge in [0, 0.05) is 30.9 Å². The van der Waals surface area contributed by atoms with E-state index < -0.39 is 0 Å².